The van der Waals surface area contributed by atoms with E-state index >= 15 is 0 Å². The van der Waals surface area contributed by atoms with Gasteiger partial charge in [0.1, 0.15) is 6.10 Å². The lowest BCUT2D eigenvalue weighted by Gasteiger charge is -2.41. The third-order valence-corrected chi connectivity index (χ3v) is 9.11. The van der Waals surface area contributed by atoms with E-state index in [1.165, 1.54) is 20.8 Å². The summed E-state index contributed by atoms with van der Waals surface area (Å²) >= 11 is 0. The van der Waals surface area contributed by atoms with E-state index in [1.807, 2.05) is 115 Å². The first-order chi connectivity index (χ1) is 24.6. The van der Waals surface area contributed by atoms with Crippen molar-refractivity contribution in [3.63, 3.8) is 0 Å². The number of allylic oxidation sites excluding steroid dienone is 18. The molecule has 53 heavy (non-hydrogen) atoms. The highest BCUT2D eigenvalue weighted by atomic mass is 16.6. The number of carbonyl (C=O) groups is 4. The van der Waals surface area contributed by atoms with Crippen molar-refractivity contribution in [2.75, 3.05) is 0 Å². The van der Waals surface area contributed by atoms with Gasteiger partial charge in [-0.3, -0.25) is 19.2 Å². The van der Waals surface area contributed by atoms with Gasteiger partial charge in [0, 0.05) is 43.8 Å². The maximum absolute atomic E-state index is 12.7. The number of ketones is 1. The van der Waals surface area contributed by atoms with E-state index in [9.17, 15) is 19.2 Å². The van der Waals surface area contributed by atoms with Gasteiger partial charge in [0.2, 0.25) is 0 Å². The summed E-state index contributed by atoms with van der Waals surface area (Å²) in [6.45, 7) is 24.0. The Morgan fingerprint density at radius 2 is 1.17 bits per heavy atom. The Kier molecular flexibility index (Phi) is 16.5. The molecule has 0 heterocycles. The molecule has 0 spiro atoms. The topological polar surface area (TPSA) is 96.0 Å². The van der Waals surface area contributed by atoms with Gasteiger partial charge in [-0.15, -0.1) is 0 Å². The van der Waals surface area contributed by atoms with Crippen LogP contribution in [0.5, 0.6) is 0 Å². The van der Waals surface area contributed by atoms with E-state index in [0.29, 0.717) is 18.4 Å². The maximum atomic E-state index is 12.7. The summed E-state index contributed by atoms with van der Waals surface area (Å²) in [5, 5.41) is 0. The van der Waals surface area contributed by atoms with E-state index in [0.717, 1.165) is 39.0 Å². The molecule has 0 aromatic heterocycles. The average molecular weight is 723 g/mol. The Hall–Kier alpha value is -4.96. The third kappa shape index (κ3) is 14.2. The molecule has 0 amide bonds. The van der Waals surface area contributed by atoms with Crippen LogP contribution in [0, 0.1) is 22.7 Å². The molecule has 0 aromatic carbocycles. The second-order valence-corrected chi connectivity index (χ2v) is 15.2. The zero-order chi connectivity index (χ0) is 40.1. The van der Waals surface area contributed by atoms with Crippen LogP contribution in [0.25, 0.3) is 0 Å². The molecule has 0 fully saturated rings. The molecule has 2 aliphatic rings. The highest BCUT2D eigenvalue weighted by Crippen LogP contribution is 2.43. The second-order valence-electron chi connectivity index (χ2n) is 15.2. The Balaban J connectivity index is 2.04. The van der Waals surface area contributed by atoms with Crippen LogP contribution in [0.15, 0.2) is 117 Å². The standard InChI is InChI=1S/C46H58O7/c1-30(20-16-22-32(3)24-26-39-34(5)43(50)41(51-36(7)47)28-45(39,10)11)18-14-15-19-31(2)21-17-23-33(4)25-27-40-35(6)44(53-38(9)49)42(52-37(8)48)29-46(40,12)13/h14-23,25,27,41-42,44H,28-29H2,1-13H3/b15-14+,20-16+,21-17+,27-25+,30-18+,31-19+,32-22+,33-23+/t41-,42-,44-/m0/s1. The van der Waals surface area contributed by atoms with Gasteiger partial charge in [0.15, 0.2) is 18.0 Å². The van der Waals surface area contributed by atoms with Gasteiger partial charge in [0.05, 0.1) is 0 Å². The van der Waals surface area contributed by atoms with Crippen molar-refractivity contribution in [1.29, 1.82) is 0 Å². The molecule has 0 aliphatic heterocycles. The molecule has 7 heteroatoms. The fourth-order valence-corrected chi connectivity index (χ4v) is 6.49. The summed E-state index contributed by atoms with van der Waals surface area (Å²) < 4.78 is 16.4. The molecule has 0 N–H and O–H groups in total. The van der Waals surface area contributed by atoms with Crippen molar-refractivity contribution in [1.82, 2.24) is 0 Å². The largest absolute Gasteiger partial charge is 0.458 e. The van der Waals surface area contributed by atoms with Crippen LogP contribution in [0.4, 0.5) is 0 Å². The first-order valence-corrected chi connectivity index (χ1v) is 18.0. The number of hydrogen-bond acceptors (Lipinski definition) is 7. The van der Waals surface area contributed by atoms with Crippen LogP contribution >= 0.6 is 0 Å². The molecule has 3 atom stereocenters. The van der Waals surface area contributed by atoms with Gasteiger partial charge in [-0.1, -0.05) is 129 Å². The zero-order valence-electron chi connectivity index (χ0n) is 33.9. The molecule has 0 aromatic rings. The van der Waals surface area contributed by atoms with Gasteiger partial charge in [-0.2, -0.15) is 0 Å². The zero-order valence-corrected chi connectivity index (χ0v) is 33.9. The molecule has 0 saturated carbocycles. The van der Waals surface area contributed by atoms with Crippen molar-refractivity contribution < 1.29 is 33.4 Å². The first-order valence-electron chi connectivity index (χ1n) is 18.0. The van der Waals surface area contributed by atoms with Crippen LogP contribution in [0.1, 0.15) is 103 Å². The van der Waals surface area contributed by atoms with Crippen molar-refractivity contribution in [3.8, 4) is 11.8 Å². The number of carbonyl (C=O) groups excluding carboxylic acids is 4. The van der Waals surface area contributed by atoms with Gasteiger partial charge >= 0.3 is 17.9 Å². The van der Waals surface area contributed by atoms with Crippen LogP contribution < -0.4 is 0 Å². The maximum Gasteiger partial charge on any atom is 0.303 e. The Morgan fingerprint density at radius 1 is 0.660 bits per heavy atom. The summed E-state index contributed by atoms with van der Waals surface area (Å²) in [5.74, 6) is 4.94. The minimum atomic E-state index is -0.756. The van der Waals surface area contributed by atoms with Gasteiger partial charge in [-0.25, -0.2) is 0 Å². The SMILES string of the molecule is CC(=O)O[C@H]1CC(C)(C)C(C#C/C(C)=C/C=C/C(C)=C/C=C/C=C(C)/C=C/C=C(C)/C=C/C2=C(C)[C@H](OC(C)=O)[C@@H](OC(C)=O)CC2(C)C)=C(C)C1=O. The Labute approximate surface area is 317 Å². The normalized spacial score (nSPS) is 22.9. The lowest BCUT2D eigenvalue weighted by molar-refractivity contribution is -0.165. The van der Waals surface area contributed by atoms with Gasteiger partial charge < -0.3 is 14.2 Å². The molecular formula is C46H58O7. The lowest BCUT2D eigenvalue weighted by Crippen LogP contribution is -2.43. The minimum absolute atomic E-state index is 0.180. The fourth-order valence-electron chi connectivity index (χ4n) is 6.49. The Bertz CT molecular complexity index is 1810. The smallest absolute Gasteiger partial charge is 0.303 e. The third-order valence-electron chi connectivity index (χ3n) is 9.11. The second kappa shape index (κ2) is 19.8. The highest BCUT2D eigenvalue weighted by Gasteiger charge is 2.42. The lowest BCUT2D eigenvalue weighted by atomic mass is 9.70. The van der Waals surface area contributed by atoms with Crippen molar-refractivity contribution in [3.05, 3.63) is 117 Å². The summed E-state index contributed by atoms with van der Waals surface area (Å²) in [4.78, 5) is 47.7. The first kappa shape index (κ1) is 44.2. The molecule has 284 valence electrons. The summed E-state index contributed by atoms with van der Waals surface area (Å²) in [7, 11) is 0. The minimum Gasteiger partial charge on any atom is -0.458 e. The summed E-state index contributed by atoms with van der Waals surface area (Å²) in [6.07, 6.45) is 23.2. The van der Waals surface area contributed by atoms with E-state index in [2.05, 4.69) is 31.8 Å². The van der Waals surface area contributed by atoms with Crippen molar-refractivity contribution in [2.24, 2.45) is 10.8 Å². The van der Waals surface area contributed by atoms with E-state index < -0.39 is 36.2 Å². The Morgan fingerprint density at radius 3 is 1.72 bits per heavy atom. The fraction of sp³-hybridized carbons (Fsp3) is 0.435. The highest BCUT2D eigenvalue weighted by molar-refractivity contribution is 6.02. The number of rotatable bonds is 11. The molecule has 0 bridgehead atoms. The molecule has 7 nitrogen and oxygen atoms in total. The summed E-state index contributed by atoms with van der Waals surface area (Å²) in [6, 6.07) is 0. The van der Waals surface area contributed by atoms with Gasteiger partial charge in [0.25, 0.3) is 0 Å². The molecule has 2 rings (SSSR count). The number of hydrogen-bond donors (Lipinski definition) is 0. The van der Waals surface area contributed by atoms with Crippen LogP contribution in [0.3, 0.4) is 0 Å². The molecule has 0 saturated heterocycles. The van der Waals surface area contributed by atoms with Crippen LogP contribution in [-0.4, -0.2) is 42.0 Å². The van der Waals surface area contributed by atoms with E-state index in [1.54, 1.807) is 6.92 Å². The van der Waals surface area contributed by atoms with Gasteiger partial charge in [-0.05, 0) is 70.1 Å². The number of Topliss-reactive ketones (excluding diaryl/α,β-unsaturated/α-hetero) is 1. The molecule has 0 radical (unpaired) electrons. The van der Waals surface area contributed by atoms with E-state index in [-0.39, 0.29) is 16.6 Å². The number of ether oxygens (including phenoxy) is 3. The van der Waals surface area contributed by atoms with Crippen LogP contribution in [0.2, 0.25) is 0 Å². The van der Waals surface area contributed by atoms with E-state index in [4.69, 9.17) is 14.2 Å². The van der Waals surface area contributed by atoms with Crippen LogP contribution in [-0.2, 0) is 33.4 Å². The number of esters is 3. The monoisotopic (exact) mass is 722 g/mol. The predicted molar refractivity (Wildman–Crippen MR) is 213 cm³/mol. The predicted octanol–water partition coefficient (Wildman–Crippen LogP) is 9.86. The summed E-state index contributed by atoms with van der Waals surface area (Å²) in [5.41, 5.74) is 6.72. The molecule has 0 unspecified atom stereocenters. The molecule has 2 aliphatic carbocycles. The van der Waals surface area contributed by atoms with Crippen molar-refractivity contribution in [2.45, 2.75) is 121 Å². The molecular weight excluding hydrogens is 664 g/mol. The average Bonchev–Trinajstić information content (AvgIpc) is 3.02. The van der Waals surface area contributed by atoms with Crippen molar-refractivity contribution >= 4 is 23.7 Å². The quantitative estimate of drug-likeness (QED) is 0.0907.